The quantitative estimate of drug-likeness (QED) is 0.694. The third-order valence-electron chi connectivity index (χ3n) is 3.14. The zero-order valence-corrected chi connectivity index (χ0v) is 9.44. The van der Waals surface area contributed by atoms with Crippen molar-refractivity contribution < 1.29 is 4.79 Å². The fraction of sp³-hybridized carbons (Fsp3) is 0.667. The summed E-state index contributed by atoms with van der Waals surface area (Å²) in [4.78, 5) is 16.3. The van der Waals surface area contributed by atoms with Crippen LogP contribution in [0.2, 0.25) is 0 Å². The maximum Gasteiger partial charge on any atom is 0.201 e. The largest absolute Gasteiger partial charge is 0.329 e. The molecule has 0 bridgehead atoms. The molecule has 0 N–H and O–H groups in total. The van der Waals surface area contributed by atoms with Gasteiger partial charge < -0.3 is 4.57 Å². The van der Waals surface area contributed by atoms with Crippen molar-refractivity contribution in [3.63, 3.8) is 0 Å². The zero-order chi connectivity index (χ0) is 10.8. The van der Waals surface area contributed by atoms with Crippen molar-refractivity contribution in [3.05, 3.63) is 18.2 Å². The summed E-state index contributed by atoms with van der Waals surface area (Å²) >= 11 is 0. The minimum absolute atomic E-state index is 0.156. The van der Waals surface area contributed by atoms with E-state index in [9.17, 15) is 4.79 Å². The van der Waals surface area contributed by atoms with E-state index in [0.717, 1.165) is 13.0 Å². The number of hydrogen-bond donors (Lipinski definition) is 0. The minimum Gasteiger partial charge on any atom is -0.329 e. The number of hydrogen-bond acceptors (Lipinski definition) is 2. The van der Waals surface area contributed by atoms with Gasteiger partial charge in [-0.2, -0.15) is 0 Å². The topological polar surface area (TPSA) is 34.9 Å². The van der Waals surface area contributed by atoms with E-state index in [1.165, 1.54) is 12.8 Å². The molecule has 2 rings (SSSR count). The zero-order valence-electron chi connectivity index (χ0n) is 9.44. The number of aromatic nitrogens is 2. The summed E-state index contributed by atoms with van der Waals surface area (Å²) in [6, 6.07) is 0. The average Bonchev–Trinajstić information content (AvgIpc) is 2.98. The lowest BCUT2D eigenvalue weighted by atomic mass is 10.0. The fourth-order valence-electron chi connectivity index (χ4n) is 1.97. The lowest BCUT2D eigenvalue weighted by Crippen LogP contribution is -2.18. The molecule has 1 aromatic rings. The standard InChI is InChI=1S/C12H18N2O/c1-3-7-14-8-6-13-12(14)11(15)9(2)10-4-5-10/h6,8-10H,3-5,7H2,1-2H3. The molecule has 1 atom stereocenters. The first-order valence-electron chi connectivity index (χ1n) is 5.79. The minimum atomic E-state index is 0.156. The molecule has 1 unspecified atom stereocenters. The van der Waals surface area contributed by atoms with Gasteiger partial charge in [0.25, 0.3) is 0 Å². The number of carbonyl (C=O) groups is 1. The smallest absolute Gasteiger partial charge is 0.201 e. The van der Waals surface area contributed by atoms with E-state index in [1.54, 1.807) is 6.20 Å². The van der Waals surface area contributed by atoms with Crippen LogP contribution in [-0.2, 0) is 6.54 Å². The van der Waals surface area contributed by atoms with E-state index in [0.29, 0.717) is 11.7 Å². The molecule has 82 valence electrons. The lowest BCUT2D eigenvalue weighted by molar-refractivity contribution is 0.0901. The van der Waals surface area contributed by atoms with Crippen LogP contribution in [0.4, 0.5) is 0 Å². The Morgan fingerprint density at radius 1 is 1.67 bits per heavy atom. The van der Waals surface area contributed by atoms with Crippen molar-refractivity contribution in [1.82, 2.24) is 9.55 Å². The first-order valence-corrected chi connectivity index (χ1v) is 5.79. The maximum atomic E-state index is 12.1. The number of rotatable bonds is 5. The highest BCUT2D eigenvalue weighted by atomic mass is 16.1. The van der Waals surface area contributed by atoms with E-state index in [4.69, 9.17) is 0 Å². The van der Waals surface area contributed by atoms with Crippen molar-refractivity contribution >= 4 is 5.78 Å². The van der Waals surface area contributed by atoms with Gasteiger partial charge in [0.1, 0.15) is 0 Å². The van der Waals surface area contributed by atoms with E-state index in [2.05, 4.69) is 11.9 Å². The molecule has 3 nitrogen and oxygen atoms in total. The van der Waals surface area contributed by atoms with Crippen molar-refractivity contribution in [2.75, 3.05) is 0 Å². The van der Waals surface area contributed by atoms with Crippen molar-refractivity contribution in [1.29, 1.82) is 0 Å². The third-order valence-corrected chi connectivity index (χ3v) is 3.14. The van der Waals surface area contributed by atoms with E-state index in [1.807, 2.05) is 17.7 Å². The van der Waals surface area contributed by atoms with Gasteiger partial charge in [0, 0.05) is 24.9 Å². The van der Waals surface area contributed by atoms with Gasteiger partial charge in [0.15, 0.2) is 5.82 Å². The van der Waals surface area contributed by atoms with Crippen LogP contribution in [0, 0.1) is 11.8 Å². The van der Waals surface area contributed by atoms with Crippen LogP contribution in [0.15, 0.2) is 12.4 Å². The molecule has 0 aromatic carbocycles. The second-order valence-electron chi connectivity index (χ2n) is 4.43. The first kappa shape index (κ1) is 10.4. The number of carbonyl (C=O) groups excluding carboxylic acids is 1. The van der Waals surface area contributed by atoms with Crippen LogP contribution in [-0.4, -0.2) is 15.3 Å². The van der Waals surface area contributed by atoms with Gasteiger partial charge in [-0.3, -0.25) is 4.79 Å². The summed E-state index contributed by atoms with van der Waals surface area (Å²) in [6.07, 6.45) is 7.08. The van der Waals surface area contributed by atoms with Gasteiger partial charge in [0.2, 0.25) is 5.78 Å². The second-order valence-corrected chi connectivity index (χ2v) is 4.43. The van der Waals surface area contributed by atoms with Gasteiger partial charge in [-0.25, -0.2) is 4.98 Å². The Bertz CT molecular complexity index is 352. The maximum absolute atomic E-state index is 12.1. The molecule has 0 amide bonds. The number of ketones is 1. The number of nitrogens with zero attached hydrogens (tertiary/aromatic N) is 2. The van der Waals surface area contributed by atoms with Crippen molar-refractivity contribution in [2.24, 2.45) is 11.8 Å². The fourth-order valence-corrected chi connectivity index (χ4v) is 1.97. The Morgan fingerprint density at radius 3 is 3.00 bits per heavy atom. The highest BCUT2D eigenvalue weighted by Crippen LogP contribution is 2.37. The first-order chi connectivity index (χ1) is 7.24. The van der Waals surface area contributed by atoms with E-state index < -0.39 is 0 Å². The van der Waals surface area contributed by atoms with Crippen LogP contribution >= 0.6 is 0 Å². The summed E-state index contributed by atoms with van der Waals surface area (Å²) in [5.41, 5.74) is 0. The molecule has 1 saturated carbocycles. The summed E-state index contributed by atoms with van der Waals surface area (Å²) in [5, 5.41) is 0. The Labute approximate surface area is 90.5 Å². The number of imidazole rings is 1. The average molecular weight is 206 g/mol. The van der Waals surface area contributed by atoms with Gasteiger partial charge in [-0.05, 0) is 25.2 Å². The van der Waals surface area contributed by atoms with Crippen LogP contribution in [0.3, 0.4) is 0 Å². The molecule has 0 saturated heterocycles. The molecule has 0 spiro atoms. The Morgan fingerprint density at radius 2 is 2.40 bits per heavy atom. The van der Waals surface area contributed by atoms with Gasteiger partial charge in [-0.15, -0.1) is 0 Å². The molecule has 15 heavy (non-hydrogen) atoms. The SMILES string of the molecule is CCCn1ccnc1C(=O)C(C)C1CC1. The molecule has 0 radical (unpaired) electrons. The molecule has 1 aromatic heterocycles. The molecule has 1 aliphatic carbocycles. The number of Topliss-reactive ketones (excluding diaryl/α,β-unsaturated/α-hetero) is 1. The Kier molecular flexibility index (Phi) is 2.89. The summed E-state index contributed by atoms with van der Waals surface area (Å²) in [6.45, 7) is 5.03. The normalized spacial score (nSPS) is 17.7. The third kappa shape index (κ3) is 2.11. The molecular weight excluding hydrogens is 188 g/mol. The predicted octanol–water partition coefficient (Wildman–Crippen LogP) is 2.52. The van der Waals surface area contributed by atoms with Crippen LogP contribution in [0.25, 0.3) is 0 Å². The molecule has 0 aliphatic heterocycles. The van der Waals surface area contributed by atoms with Gasteiger partial charge in [0.05, 0.1) is 0 Å². The van der Waals surface area contributed by atoms with Gasteiger partial charge >= 0.3 is 0 Å². The molecule has 3 heteroatoms. The molecule has 1 fully saturated rings. The molecule has 1 aliphatic rings. The Balaban J connectivity index is 2.13. The second kappa shape index (κ2) is 4.17. The summed E-state index contributed by atoms with van der Waals surface area (Å²) < 4.78 is 1.97. The molecular formula is C12H18N2O. The van der Waals surface area contributed by atoms with Crippen LogP contribution in [0.5, 0.6) is 0 Å². The Hall–Kier alpha value is -1.12. The van der Waals surface area contributed by atoms with Crippen molar-refractivity contribution in [2.45, 2.75) is 39.7 Å². The summed E-state index contributed by atoms with van der Waals surface area (Å²) in [7, 11) is 0. The highest BCUT2D eigenvalue weighted by Gasteiger charge is 2.34. The summed E-state index contributed by atoms with van der Waals surface area (Å²) in [5.74, 6) is 1.64. The van der Waals surface area contributed by atoms with E-state index >= 15 is 0 Å². The van der Waals surface area contributed by atoms with Crippen molar-refractivity contribution in [3.8, 4) is 0 Å². The lowest BCUT2D eigenvalue weighted by Gasteiger charge is -2.10. The van der Waals surface area contributed by atoms with Crippen LogP contribution < -0.4 is 0 Å². The van der Waals surface area contributed by atoms with Gasteiger partial charge in [-0.1, -0.05) is 13.8 Å². The van der Waals surface area contributed by atoms with Crippen LogP contribution in [0.1, 0.15) is 43.7 Å². The number of aryl methyl sites for hydroxylation is 1. The molecule has 1 heterocycles. The monoisotopic (exact) mass is 206 g/mol. The predicted molar refractivity (Wildman–Crippen MR) is 58.7 cm³/mol. The van der Waals surface area contributed by atoms with E-state index in [-0.39, 0.29) is 11.7 Å². The highest BCUT2D eigenvalue weighted by molar-refractivity contribution is 5.94.